The summed E-state index contributed by atoms with van der Waals surface area (Å²) in [6, 6.07) is 26.1. The van der Waals surface area contributed by atoms with E-state index in [9.17, 15) is 4.79 Å². The monoisotopic (exact) mass is 476 g/mol. The van der Waals surface area contributed by atoms with Gasteiger partial charge in [0.05, 0.1) is 22.9 Å². The number of fused-ring (bicyclic) bond motifs is 1. The normalized spacial score (nSPS) is 15.9. The second kappa shape index (κ2) is 10.0. The van der Waals surface area contributed by atoms with Crippen molar-refractivity contribution in [1.82, 2.24) is 4.98 Å². The van der Waals surface area contributed by atoms with E-state index in [2.05, 4.69) is 24.3 Å². The summed E-state index contributed by atoms with van der Waals surface area (Å²) in [4.78, 5) is 20.4. The minimum absolute atomic E-state index is 0.0317. The van der Waals surface area contributed by atoms with Crippen LogP contribution in [-0.2, 0) is 9.53 Å². The predicted molar refractivity (Wildman–Crippen MR) is 135 cm³/mol. The molecular weight excluding hydrogens is 452 g/mol. The van der Waals surface area contributed by atoms with Crippen LogP contribution in [0.2, 0.25) is 5.02 Å². The van der Waals surface area contributed by atoms with Gasteiger partial charge in [-0.15, -0.1) is 0 Å². The lowest BCUT2D eigenvalue weighted by Gasteiger charge is -2.26. The van der Waals surface area contributed by atoms with Gasteiger partial charge in [-0.05, 0) is 42.2 Å². The predicted octanol–water partition coefficient (Wildman–Crippen LogP) is 6.68. The van der Waals surface area contributed by atoms with Gasteiger partial charge < -0.3 is 4.74 Å². The van der Waals surface area contributed by atoms with Crippen molar-refractivity contribution in [3.8, 4) is 0 Å². The highest BCUT2D eigenvalue weighted by Gasteiger charge is 2.29. The molecule has 4 aromatic rings. The Kier molecular flexibility index (Phi) is 6.72. The van der Waals surface area contributed by atoms with Crippen LogP contribution in [-0.4, -0.2) is 30.1 Å². The molecule has 2 heterocycles. The fraction of sp³-hybridized carbons (Fsp3) is 0.259. The first kappa shape index (κ1) is 22.1. The van der Waals surface area contributed by atoms with Crippen molar-refractivity contribution in [1.29, 1.82) is 0 Å². The topological polar surface area (TPSA) is 42.4 Å². The molecule has 0 bridgehead atoms. The first-order chi connectivity index (χ1) is 16.2. The third-order valence-electron chi connectivity index (χ3n) is 6.06. The molecule has 0 aliphatic carbocycles. The molecule has 1 amide bonds. The number of nitrogens with zero attached hydrogens (tertiary/aromatic N) is 2. The van der Waals surface area contributed by atoms with E-state index in [0.717, 1.165) is 40.8 Å². The Morgan fingerprint density at radius 3 is 2.39 bits per heavy atom. The molecule has 5 rings (SSSR count). The number of aromatic nitrogens is 1. The molecule has 1 aliphatic heterocycles. The zero-order valence-corrected chi connectivity index (χ0v) is 19.8. The van der Waals surface area contributed by atoms with Gasteiger partial charge in [-0.2, -0.15) is 0 Å². The molecule has 1 atom stereocenters. The van der Waals surface area contributed by atoms with Crippen LogP contribution in [0.5, 0.6) is 0 Å². The number of ether oxygens (including phenoxy) is 1. The molecule has 168 valence electrons. The van der Waals surface area contributed by atoms with Crippen molar-refractivity contribution in [2.24, 2.45) is 0 Å². The van der Waals surface area contributed by atoms with Crippen LogP contribution >= 0.6 is 22.9 Å². The van der Waals surface area contributed by atoms with E-state index in [1.54, 1.807) is 0 Å². The number of anilines is 1. The average molecular weight is 477 g/mol. The lowest BCUT2D eigenvalue weighted by Crippen LogP contribution is -2.38. The quantitative estimate of drug-likeness (QED) is 0.298. The molecule has 4 nitrogen and oxygen atoms in total. The van der Waals surface area contributed by atoms with E-state index in [1.165, 1.54) is 11.3 Å². The Morgan fingerprint density at radius 1 is 1.06 bits per heavy atom. The van der Waals surface area contributed by atoms with E-state index in [0.29, 0.717) is 23.1 Å². The maximum Gasteiger partial charge on any atom is 0.229 e. The second-order valence-corrected chi connectivity index (χ2v) is 9.77. The van der Waals surface area contributed by atoms with Crippen LogP contribution in [0, 0.1) is 0 Å². The van der Waals surface area contributed by atoms with E-state index < -0.39 is 0 Å². The SMILES string of the molecule is O=C(CC(c1ccccc1)c1ccccc1)N(C[C@@H]1CCCO1)c1nc2ccc(Cl)cc2s1. The van der Waals surface area contributed by atoms with Crippen LogP contribution in [0.4, 0.5) is 5.13 Å². The van der Waals surface area contributed by atoms with Gasteiger partial charge in [-0.1, -0.05) is 83.6 Å². The highest BCUT2D eigenvalue weighted by Crippen LogP contribution is 2.34. The molecule has 0 spiro atoms. The van der Waals surface area contributed by atoms with Crippen LogP contribution in [0.1, 0.15) is 36.3 Å². The summed E-state index contributed by atoms with van der Waals surface area (Å²) < 4.78 is 6.86. The fourth-order valence-electron chi connectivity index (χ4n) is 4.36. The molecular formula is C27H25ClN2O2S. The van der Waals surface area contributed by atoms with Crippen molar-refractivity contribution in [3.05, 3.63) is 95.0 Å². The van der Waals surface area contributed by atoms with Crippen molar-refractivity contribution in [2.45, 2.75) is 31.3 Å². The summed E-state index contributed by atoms with van der Waals surface area (Å²) in [5, 5.41) is 1.37. The number of benzene rings is 3. The standard InChI is InChI=1S/C27H25ClN2O2S/c28-21-13-14-24-25(16-21)33-27(29-24)30(18-22-12-7-15-32-22)26(31)17-23(19-8-3-1-4-9-19)20-10-5-2-6-11-20/h1-6,8-11,13-14,16,22-23H,7,12,15,17-18H2/t22-/m0/s1. The molecule has 1 fully saturated rings. The molecule has 1 aromatic heterocycles. The van der Waals surface area contributed by atoms with Gasteiger partial charge in [-0.3, -0.25) is 9.69 Å². The van der Waals surface area contributed by atoms with E-state index >= 15 is 0 Å². The van der Waals surface area contributed by atoms with Gasteiger partial charge in [0.25, 0.3) is 0 Å². The third-order valence-corrected chi connectivity index (χ3v) is 7.34. The Morgan fingerprint density at radius 2 is 1.76 bits per heavy atom. The summed E-state index contributed by atoms with van der Waals surface area (Å²) in [6.45, 7) is 1.27. The number of hydrogen-bond donors (Lipinski definition) is 0. The fourth-order valence-corrected chi connectivity index (χ4v) is 5.63. The minimum atomic E-state index is -0.0317. The van der Waals surface area contributed by atoms with Crippen molar-refractivity contribution in [3.63, 3.8) is 0 Å². The number of rotatable bonds is 7. The smallest absolute Gasteiger partial charge is 0.229 e. The van der Waals surface area contributed by atoms with Gasteiger partial charge in [0, 0.05) is 24.0 Å². The molecule has 6 heteroatoms. The highest BCUT2D eigenvalue weighted by atomic mass is 35.5. The Balaban J connectivity index is 1.48. The van der Waals surface area contributed by atoms with E-state index in [-0.39, 0.29) is 17.9 Å². The second-order valence-electron chi connectivity index (χ2n) is 8.33. The minimum Gasteiger partial charge on any atom is -0.376 e. The van der Waals surface area contributed by atoms with Crippen molar-refractivity contribution >= 4 is 44.2 Å². The third kappa shape index (κ3) is 5.11. The molecule has 0 saturated carbocycles. The lowest BCUT2D eigenvalue weighted by atomic mass is 9.88. The summed E-state index contributed by atoms with van der Waals surface area (Å²) in [5.74, 6) is 0.0177. The largest absolute Gasteiger partial charge is 0.376 e. The Bertz CT molecular complexity index is 1180. The molecule has 0 N–H and O–H groups in total. The molecule has 1 saturated heterocycles. The van der Waals surface area contributed by atoms with Crippen molar-refractivity contribution in [2.75, 3.05) is 18.1 Å². The van der Waals surface area contributed by atoms with Crippen LogP contribution in [0.15, 0.2) is 78.9 Å². The molecule has 3 aromatic carbocycles. The van der Waals surface area contributed by atoms with Crippen LogP contribution in [0.3, 0.4) is 0 Å². The van der Waals surface area contributed by atoms with Crippen molar-refractivity contribution < 1.29 is 9.53 Å². The maximum absolute atomic E-state index is 13.8. The summed E-state index contributed by atoms with van der Waals surface area (Å²) in [7, 11) is 0. The van der Waals surface area contributed by atoms with Gasteiger partial charge >= 0.3 is 0 Å². The van der Waals surface area contributed by atoms with Gasteiger partial charge in [0.15, 0.2) is 5.13 Å². The van der Waals surface area contributed by atoms with Gasteiger partial charge in [-0.25, -0.2) is 4.98 Å². The highest BCUT2D eigenvalue weighted by molar-refractivity contribution is 7.22. The van der Waals surface area contributed by atoms with Crippen LogP contribution in [0.25, 0.3) is 10.2 Å². The molecule has 33 heavy (non-hydrogen) atoms. The number of halogens is 1. The number of carbonyl (C=O) groups excluding carboxylic acids is 1. The van der Waals surface area contributed by atoms with E-state index in [1.807, 2.05) is 59.5 Å². The summed E-state index contributed by atoms with van der Waals surface area (Å²) in [6.07, 6.45) is 2.38. The first-order valence-electron chi connectivity index (χ1n) is 11.3. The Hall–Kier alpha value is -2.73. The summed E-state index contributed by atoms with van der Waals surface area (Å²) in [5.41, 5.74) is 3.11. The molecule has 1 aliphatic rings. The zero-order chi connectivity index (χ0) is 22.6. The number of carbonyl (C=O) groups is 1. The molecule has 0 unspecified atom stereocenters. The lowest BCUT2D eigenvalue weighted by molar-refractivity contribution is -0.119. The van der Waals surface area contributed by atoms with Gasteiger partial charge in [0.2, 0.25) is 5.91 Å². The maximum atomic E-state index is 13.8. The summed E-state index contributed by atoms with van der Waals surface area (Å²) >= 11 is 7.69. The molecule has 0 radical (unpaired) electrons. The number of hydrogen-bond acceptors (Lipinski definition) is 4. The average Bonchev–Trinajstić information content (AvgIpc) is 3.51. The Labute approximate surface area is 202 Å². The van der Waals surface area contributed by atoms with Crippen LogP contribution < -0.4 is 4.90 Å². The number of thiazole rings is 1. The van der Waals surface area contributed by atoms with E-state index in [4.69, 9.17) is 21.3 Å². The number of amides is 1. The zero-order valence-electron chi connectivity index (χ0n) is 18.2. The van der Waals surface area contributed by atoms with Gasteiger partial charge in [0.1, 0.15) is 0 Å². The first-order valence-corrected chi connectivity index (χ1v) is 12.4.